The van der Waals surface area contributed by atoms with Crippen molar-refractivity contribution in [3.05, 3.63) is 200 Å². The van der Waals surface area contributed by atoms with E-state index in [4.69, 9.17) is 0 Å². The molecule has 0 radical (unpaired) electrons. The van der Waals surface area contributed by atoms with Crippen LogP contribution < -0.4 is 10.4 Å². The summed E-state index contributed by atoms with van der Waals surface area (Å²) >= 11 is 0. The van der Waals surface area contributed by atoms with Crippen LogP contribution in [0.15, 0.2) is 140 Å². The molecule has 0 heteroatoms. The smallest absolute Gasteiger partial charge is 0.0361 e. The zero-order valence-corrected chi connectivity index (χ0v) is 25.9. The summed E-state index contributed by atoms with van der Waals surface area (Å²) in [5, 5.41) is 2.71. The summed E-state index contributed by atoms with van der Waals surface area (Å²) < 4.78 is 0. The molecule has 6 aromatic carbocycles. The zero-order chi connectivity index (χ0) is 30.3. The normalized spacial score (nSPS) is 14.3. The van der Waals surface area contributed by atoms with E-state index in [1.165, 1.54) is 82.8 Å². The summed E-state index contributed by atoms with van der Waals surface area (Å²) in [5.41, 5.74) is 17.5. The van der Waals surface area contributed by atoms with Gasteiger partial charge in [-0.1, -0.05) is 147 Å². The molecule has 0 aromatic heterocycles. The topological polar surface area (TPSA) is 0 Å². The fourth-order valence-electron chi connectivity index (χ4n) is 7.63. The van der Waals surface area contributed by atoms with Crippen LogP contribution >= 0.6 is 0 Å². The zero-order valence-electron chi connectivity index (χ0n) is 25.9. The quantitative estimate of drug-likeness (QED) is 0.185. The maximum Gasteiger partial charge on any atom is 0.0361 e. The van der Waals surface area contributed by atoms with Crippen LogP contribution in [-0.2, 0) is 12.8 Å². The maximum absolute atomic E-state index is 2.51. The highest BCUT2D eigenvalue weighted by Gasteiger charge is 2.32. The lowest BCUT2D eigenvalue weighted by molar-refractivity contribution is 0.979. The van der Waals surface area contributed by atoms with Crippen LogP contribution in [-0.4, -0.2) is 0 Å². The summed E-state index contributed by atoms with van der Waals surface area (Å²) in [6, 6.07) is 51.6. The Balaban J connectivity index is 1.55. The van der Waals surface area contributed by atoms with Crippen molar-refractivity contribution in [3.8, 4) is 11.1 Å². The van der Waals surface area contributed by atoms with Gasteiger partial charge in [-0.25, -0.2) is 0 Å². The van der Waals surface area contributed by atoms with Gasteiger partial charge in [0, 0.05) is 5.92 Å². The Labute approximate surface area is 266 Å². The number of fused-ring (bicyclic) bond motifs is 4. The van der Waals surface area contributed by atoms with Gasteiger partial charge < -0.3 is 0 Å². The van der Waals surface area contributed by atoms with E-state index >= 15 is 0 Å². The second-order valence-electron chi connectivity index (χ2n) is 12.2. The Hall–Kier alpha value is -5.20. The highest BCUT2D eigenvalue weighted by atomic mass is 14.4. The summed E-state index contributed by atoms with van der Waals surface area (Å²) in [4.78, 5) is 0. The fourth-order valence-corrected chi connectivity index (χ4v) is 7.63. The van der Waals surface area contributed by atoms with E-state index in [9.17, 15) is 0 Å². The van der Waals surface area contributed by atoms with Crippen molar-refractivity contribution in [2.75, 3.05) is 0 Å². The number of aryl methyl sites for hydroxylation is 1. The van der Waals surface area contributed by atoms with Gasteiger partial charge in [-0.15, -0.1) is 0 Å². The molecule has 8 rings (SSSR count). The van der Waals surface area contributed by atoms with Gasteiger partial charge >= 0.3 is 0 Å². The number of allylic oxidation sites excluding steroid dienone is 1. The predicted molar refractivity (Wildman–Crippen MR) is 191 cm³/mol. The second kappa shape index (κ2) is 11.4. The van der Waals surface area contributed by atoms with Gasteiger partial charge in [0.1, 0.15) is 0 Å². The lowest BCUT2D eigenvalue weighted by atomic mass is 9.78. The summed E-state index contributed by atoms with van der Waals surface area (Å²) in [7, 11) is 0. The highest BCUT2D eigenvalue weighted by molar-refractivity contribution is 5.96. The Morgan fingerprint density at radius 1 is 0.556 bits per heavy atom. The minimum atomic E-state index is 0.135. The molecule has 1 atom stereocenters. The SMILES string of the molecule is CCc1ccc2c(c1)C=c1c-2cc(=C(c2ccccc2)c2ccccc2)c(CC)c1C1C(c2ccccc2)=Cc2ccccc21. The van der Waals surface area contributed by atoms with E-state index in [0.29, 0.717) is 0 Å². The molecule has 0 spiro atoms. The minimum absolute atomic E-state index is 0.135. The molecule has 0 amide bonds. The molecule has 0 nitrogen and oxygen atoms in total. The average Bonchev–Trinajstić information content (AvgIpc) is 3.67. The molecular formula is C45H36. The average molecular weight is 577 g/mol. The van der Waals surface area contributed by atoms with Crippen molar-refractivity contribution in [1.82, 2.24) is 0 Å². The molecular weight excluding hydrogens is 540 g/mol. The molecule has 0 bridgehead atoms. The third-order valence-corrected chi connectivity index (χ3v) is 9.71. The number of rotatable bonds is 6. The van der Waals surface area contributed by atoms with E-state index in [0.717, 1.165) is 12.8 Å². The van der Waals surface area contributed by atoms with Crippen molar-refractivity contribution in [3.63, 3.8) is 0 Å². The van der Waals surface area contributed by atoms with Crippen LogP contribution in [0.1, 0.15) is 69.8 Å². The summed E-state index contributed by atoms with van der Waals surface area (Å²) in [6.45, 7) is 4.59. The first-order chi connectivity index (χ1) is 22.2. The number of benzene rings is 6. The van der Waals surface area contributed by atoms with Crippen molar-refractivity contribution in [1.29, 1.82) is 0 Å². The van der Waals surface area contributed by atoms with Crippen LogP contribution in [0, 0.1) is 0 Å². The predicted octanol–water partition coefficient (Wildman–Crippen LogP) is 9.55. The van der Waals surface area contributed by atoms with Crippen molar-refractivity contribution >= 4 is 23.3 Å². The minimum Gasteiger partial charge on any atom is -0.0622 e. The fraction of sp³-hybridized carbons (Fsp3) is 0.111. The van der Waals surface area contributed by atoms with Gasteiger partial charge in [0.05, 0.1) is 0 Å². The Morgan fingerprint density at radius 2 is 1.20 bits per heavy atom. The van der Waals surface area contributed by atoms with Crippen LogP contribution in [0.5, 0.6) is 0 Å². The van der Waals surface area contributed by atoms with E-state index in [2.05, 4.69) is 166 Å². The van der Waals surface area contributed by atoms with Gasteiger partial charge in [-0.2, -0.15) is 0 Å². The Morgan fingerprint density at radius 3 is 1.87 bits per heavy atom. The summed E-state index contributed by atoms with van der Waals surface area (Å²) in [6.07, 6.45) is 6.89. The van der Waals surface area contributed by atoms with E-state index in [-0.39, 0.29) is 5.92 Å². The lowest BCUT2D eigenvalue weighted by Gasteiger charge is -2.24. The molecule has 0 fully saturated rings. The molecule has 0 aliphatic heterocycles. The van der Waals surface area contributed by atoms with Crippen LogP contribution in [0.3, 0.4) is 0 Å². The van der Waals surface area contributed by atoms with Crippen LogP contribution in [0.25, 0.3) is 34.4 Å². The summed E-state index contributed by atoms with van der Waals surface area (Å²) in [5.74, 6) is 0.135. The van der Waals surface area contributed by atoms with Crippen LogP contribution in [0.4, 0.5) is 0 Å². The maximum atomic E-state index is 2.51. The second-order valence-corrected chi connectivity index (χ2v) is 12.2. The Bertz CT molecular complexity index is 2160. The first kappa shape index (κ1) is 27.4. The molecule has 0 saturated carbocycles. The third kappa shape index (κ3) is 4.61. The van der Waals surface area contributed by atoms with Gasteiger partial charge in [-0.05, 0) is 114 Å². The largest absolute Gasteiger partial charge is 0.0622 e. The van der Waals surface area contributed by atoms with E-state index in [1.807, 2.05) is 0 Å². The van der Waals surface area contributed by atoms with E-state index < -0.39 is 0 Å². The molecule has 6 aromatic rings. The first-order valence-electron chi connectivity index (χ1n) is 16.3. The molecule has 1 unspecified atom stereocenters. The van der Waals surface area contributed by atoms with Gasteiger partial charge in [-0.3, -0.25) is 0 Å². The monoisotopic (exact) mass is 576 g/mol. The first-order valence-corrected chi connectivity index (χ1v) is 16.3. The van der Waals surface area contributed by atoms with E-state index in [1.54, 1.807) is 0 Å². The highest BCUT2D eigenvalue weighted by Crippen LogP contribution is 2.46. The molecule has 45 heavy (non-hydrogen) atoms. The molecule has 216 valence electrons. The molecule has 2 aliphatic carbocycles. The molecule has 2 aliphatic rings. The van der Waals surface area contributed by atoms with Crippen molar-refractivity contribution < 1.29 is 0 Å². The molecule has 0 heterocycles. The van der Waals surface area contributed by atoms with Crippen molar-refractivity contribution in [2.24, 2.45) is 0 Å². The standard InChI is InChI=1S/C45H36/c1-3-30-24-25-37-35(26-30)28-41-40(37)29-42(43(32-18-10-6-11-19-32)33-20-12-7-13-21-33)36(4-2)44(41)45-38-23-15-14-22-34(38)27-39(45)31-16-8-5-9-17-31/h5-29,45H,3-4H2,1-2H3. The third-order valence-electron chi connectivity index (χ3n) is 9.71. The number of hydrogen-bond donors (Lipinski definition) is 0. The van der Waals surface area contributed by atoms with Crippen LogP contribution in [0.2, 0.25) is 0 Å². The Kier molecular flexibility index (Phi) is 6.92. The van der Waals surface area contributed by atoms with Gasteiger partial charge in [0.25, 0.3) is 0 Å². The van der Waals surface area contributed by atoms with Gasteiger partial charge in [0.15, 0.2) is 0 Å². The van der Waals surface area contributed by atoms with Crippen molar-refractivity contribution in [2.45, 2.75) is 32.6 Å². The molecule has 0 saturated heterocycles. The molecule has 0 N–H and O–H groups in total. The van der Waals surface area contributed by atoms with Gasteiger partial charge in [0.2, 0.25) is 0 Å². The number of hydrogen-bond acceptors (Lipinski definition) is 0. The lowest BCUT2D eigenvalue weighted by Crippen LogP contribution is -2.27.